The smallest absolute Gasteiger partial charge is 0.0593 e. The monoisotopic (exact) mass is 300 g/mol. The molecule has 126 valence electrons. The van der Waals surface area contributed by atoms with Gasteiger partial charge in [-0.3, -0.25) is 4.90 Å². The summed E-state index contributed by atoms with van der Waals surface area (Å²) < 4.78 is 10.8. The highest BCUT2D eigenvalue weighted by molar-refractivity contribution is 4.98. The van der Waals surface area contributed by atoms with Gasteiger partial charge < -0.3 is 14.8 Å². The van der Waals surface area contributed by atoms with Crippen molar-refractivity contribution in [3.63, 3.8) is 0 Å². The van der Waals surface area contributed by atoms with E-state index in [-0.39, 0.29) is 5.54 Å². The molecule has 1 N–H and O–H groups in total. The first-order valence-corrected chi connectivity index (χ1v) is 8.38. The average molecular weight is 300 g/mol. The van der Waals surface area contributed by atoms with Crippen LogP contribution in [0.25, 0.3) is 0 Å². The van der Waals surface area contributed by atoms with Gasteiger partial charge in [0.05, 0.1) is 6.61 Å². The average Bonchev–Trinajstić information content (AvgIpc) is 2.43. The first-order valence-electron chi connectivity index (χ1n) is 8.38. The lowest BCUT2D eigenvalue weighted by Gasteiger charge is -2.51. The highest BCUT2D eigenvalue weighted by atomic mass is 16.5. The molecule has 1 fully saturated rings. The van der Waals surface area contributed by atoms with Gasteiger partial charge in [-0.05, 0) is 25.2 Å². The Hall–Kier alpha value is -0.160. The minimum atomic E-state index is 0.248. The molecular weight excluding hydrogens is 264 g/mol. The number of hydrogen-bond acceptors (Lipinski definition) is 4. The molecule has 0 spiro atoms. The van der Waals surface area contributed by atoms with Crippen LogP contribution in [0.3, 0.4) is 0 Å². The van der Waals surface area contributed by atoms with E-state index < -0.39 is 0 Å². The third-order valence-corrected chi connectivity index (χ3v) is 4.85. The van der Waals surface area contributed by atoms with E-state index in [1.165, 1.54) is 6.42 Å². The van der Waals surface area contributed by atoms with Gasteiger partial charge in [0.1, 0.15) is 0 Å². The standard InChI is InChI=1S/C17H36N2O2/c1-7-17(5)14-18-15(16(2,3)4)13-19(17)9-12-21-11-8-10-20-6/h15,18H,7-14H2,1-6H3. The van der Waals surface area contributed by atoms with E-state index in [0.29, 0.717) is 11.5 Å². The molecule has 0 saturated carbocycles. The predicted octanol–water partition coefficient (Wildman–Crippen LogP) is 2.53. The maximum atomic E-state index is 5.76. The summed E-state index contributed by atoms with van der Waals surface area (Å²) in [5, 5.41) is 3.75. The summed E-state index contributed by atoms with van der Waals surface area (Å²) in [7, 11) is 1.74. The minimum absolute atomic E-state index is 0.248. The summed E-state index contributed by atoms with van der Waals surface area (Å²) in [5.41, 5.74) is 0.546. The summed E-state index contributed by atoms with van der Waals surface area (Å²) in [5.74, 6) is 0. The summed E-state index contributed by atoms with van der Waals surface area (Å²) in [6.07, 6.45) is 2.15. The maximum Gasteiger partial charge on any atom is 0.0593 e. The molecule has 4 heteroatoms. The number of methoxy groups -OCH3 is 1. The molecule has 1 rings (SSSR count). The molecule has 0 bridgehead atoms. The van der Waals surface area contributed by atoms with Crippen molar-refractivity contribution in [2.24, 2.45) is 5.41 Å². The van der Waals surface area contributed by atoms with Crippen LogP contribution in [0.2, 0.25) is 0 Å². The van der Waals surface area contributed by atoms with Crippen molar-refractivity contribution in [1.29, 1.82) is 0 Å². The second kappa shape index (κ2) is 8.47. The quantitative estimate of drug-likeness (QED) is 0.699. The third kappa shape index (κ3) is 5.85. The fourth-order valence-corrected chi connectivity index (χ4v) is 2.83. The normalized spacial score (nSPS) is 28.0. The molecule has 0 aromatic carbocycles. The van der Waals surface area contributed by atoms with Gasteiger partial charge >= 0.3 is 0 Å². The van der Waals surface area contributed by atoms with E-state index in [4.69, 9.17) is 9.47 Å². The van der Waals surface area contributed by atoms with Crippen molar-refractivity contribution in [1.82, 2.24) is 10.2 Å². The van der Waals surface area contributed by atoms with E-state index >= 15 is 0 Å². The molecule has 1 heterocycles. The van der Waals surface area contributed by atoms with Crippen LogP contribution in [-0.2, 0) is 9.47 Å². The summed E-state index contributed by atoms with van der Waals surface area (Å²) in [4.78, 5) is 2.62. The van der Waals surface area contributed by atoms with E-state index in [9.17, 15) is 0 Å². The lowest BCUT2D eigenvalue weighted by atomic mass is 9.81. The summed E-state index contributed by atoms with van der Waals surface area (Å²) >= 11 is 0. The van der Waals surface area contributed by atoms with Gasteiger partial charge in [-0.25, -0.2) is 0 Å². The van der Waals surface area contributed by atoms with Crippen LogP contribution in [0.4, 0.5) is 0 Å². The number of nitrogens with zero attached hydrogens (tertiary/aromatic N) is 1. The Morgan fingerprint density at radius 2 is 1.95 bits per heavy atom. The number of piperazine rings is 1. The maximum absolute atomic E-state index is 5.76. The predicted molar refractivity (Wildman–Crippen MR) is 88.8 cm³/mol. The zero-order valence-electron chi connectivity index (χ0n) is 15.0. The van der Waals surface area contributed by atoms with Crippen LogP contribution in [0, 0.1) is 5.41 Å². The zero-order chi connectivity index (χ0) is 15.9. The minimum Gasteiger partial charge on any atom is -0.385 e. The van der Waals surface area contributed by atoms with Gasteiger partial charge in [-0.15, -0.1) is 0 Å². The third-order valence-electron chi connectivity index (χ3n) is 4.85. The second-order valence-corrected chi connectivity index (χ2v) is 7.55. The second-order valence-electron chi connectivity index (χ2n) is 7.55. The molecule has 2 atom stereocenters. The Morgan fingerprint density at radius 3 is 2.52 bits per heavy atom. The van der Waals surface area contributed by atoms with Gasteiger partial charge in [0, 0.05) is 51.5 Å². The number of hydrogen-bond donors (Lipinski definition) is 1. The van der Waals surface area contributed by atoms with Crippen molar-refractivity contribution in [3.8, 4) is 0 Å². The molecule has 1 aliphatic rings. The van der Waals surface area contributed by atoms with E-state index in [1.54, 1.807) is 7.11 Å². The van der Waals surface area contributed by atoms with Gasteiger partial charge in [-0.2, -0.15) is 0 Å². The van der Waals surface area contributed by atoms with Crippen LogP contribution in [0.1, 0.15) is 47.5 Å². The van der Waals surface area contributed by atoms with Crippen molar-refractivity contribution in [2.75, 3.05) is 46.6 Å². The first kappa shape index (κ1) is 18.9. The summed E-state index contributed by atoms with van der Waals surface area (Å²) in [6, 6.07) is 0.547. The molecule has 0 amide bonds. The molecule has 21 heavy (non-hydrogen) atoms. The number of nitrogens with one attached hydrogen (secondary N) is 1. The molecule has 1 saturated heterocycles. The molecule has 0 aromatic rings. The molecule has 0 radical (unpaired) electrons. The van der Waals surface area contributed by atoms with Crippen molar-refractivity contribution in [3.05, 3.63) is 0 Å². The number of rotatable bonds is 8. The van der Waals surface area contributed by atoms with Crippen molar-refractivity contribution in [2.45, 2.75) is 59.0 Å². The lowest BCUT2D eigenvalue weighted by Crippen LogP contribution is -2.66. The van der Waals surface area contributed by atoms with Crippen LogP contribution in [0.5, 0.6) is 0 Å². The van der Waals surface area contributed by atoms with Crippen LogP contribution < -0.4 is 5.32 Å². The molecule has 4 nitrogen and oxygen atoms in total. The summed E-state index contributed by atoms with van der Waals surface area (Å²) in [6.45, 7) is 17.2. The fourth-order valence-electron chi connectivity index (χ4n) is 2.83. The molecule has 1 aliphatic heterocycles. The highest BCUT2D eigenvalue weighted by Gasteiger charge is 2.39. The SMILES string of the molecule is CCC1(C)CNC(C(C)(C)C)CN1CCOCCCOC. The Kier molecular flexibility index (Phi) is 7.62. The van der Waals surface area contributed by atoms with Gasteiger partial charge in [0.15, 0.2) is 0 Å². The Morgan fingerprint density at radius 1 is 1.24 bits per heavy atom. The zero-order valence-corrected chi connectivity index (χ0v) is 15.0. The molecule has 0 aliphatic carbocycles. The van der Waals surface area contributed by atoms with E-state index in [1.807, 2.05) is 0 Å². The molecule has 0 aromatic heterocycles. The van der Waals surface area contributed by atoms with Crippen LogP contribution in [0.15, 0.2) is 0 Å². The topological polar surface area (TPSA) is 33.7 Å². The number of ether oxygens (including phenoxy) is 2. The van der Waals surface area contributed by atoms with E-state index in [0.717, 1.165) is 45.9 Å². The van der Waals surface area contributed by atoms with Gasteiger partial charge in [-0.1, -0.05) is 27.7 Å². The highest BCUT2D eigenvalue weighted by Crippen LogP contribution is 2.29. The van der Waals surface area contributed by atoms with Crippen molar-refractivity contribution < 1.29 is 9.47 Å². The fraction of sp³-hybridized carbons (Fsp3) is 1.00. The van der Waals surface area contributed by atoms with E-state index in [2.05, 4.69) is 44.8 Å². The molecular formula is C17H36N2O2. The van der Waals surface area contributed by atoms with Crippen LogP contribution in [-0.4, -0.2) is 63.0 Å². The molecule has 2 unspecified atom stereocenters. The largest absolute Gasteiger partial charge is 0.385 e. The lowest BCUT2D eigenvalue weighted by molar-refractivity contribution is -0.00294. The Balaban J connectivity index is 2.45. The Labute approximate surface area is 131 Å². The van der Waals surface area contributed by atoms with Crippen molar-refractivity contribution >= 4 is 0 Å². The van der Waals surface area contributed by atoms with Gasteiger partial charge in [0.2, 0.25) is 0 Å². The first-order chi connectivity index (χ1) is 9.83. The van der Waals surface area contributed by atoms with Crippen LogP contribution >= 0.6 is 0 Å². The van der Waals surface area contributed by atoms with Gasteiger partial charge in [0.25, 0.3) is 0 Å². The Bertz CT molecular complexity index is 291.